The standard InChI is InChI=1S/C44H75N6O4/c1-6-7-8-9-10-13-16-19-25-43(51)53-37-33-49(42-29-27-40(28-30-42)46-47-41-24-22-31-45-39-41)34-38-54-44(52)26-20-17-14-11-12-15-18-21-35-50(4,5)36-23-32-48(2)3/h22,24,27-31,39H,6-21,23,25-26,32-38H2,1-5H3/q+1/p+2. The number of aromatic nitrogens is 1. The van der Waals surface area contributed by atoms with Crippen molar-refractivity contribution in [3.8, 4) is 0 Å². The molecule has 304 valence electrons. The van der Waals surface area contributed by atoms with Crippen molar-refractivity contribution in [1.29, 1.82) is 0 Å². The lowest BCUT2D eigenvalue weighted by Gasteiger charge is -2.30. The van der Waals surface area contributed by atoms with E-state index in [1.165, 1.54) is 108 Å². The molecule has 0 atom stereocenters. The molecule has 0 saturated carbocycles. The van der Waals surface area contributed by atoms with E-state index in [0.717, 1.165) is 47.2 Å². The largest absolute Gasteiger partial charge is 0.464 e. The van der Waals surface area contributed by atoms with Crippen molar-refractivity contribution in [3.05, 3.63) is 48.8 Å². The molecule has 2 rings (SSSR count). The first-order valence-electron chi connectivity index (χ1n) is 21.3. The molecule has 10 heteroatoms. The van der Waals surface area contributed by atoms with E-state index in [9.17, 15) is 9.59 Å². The van der Waals surface area contributed by atoms with Crippen LogP contribution in [0.5, 0.6) is 0 Å². The van der Waals surface area contributed by atoms with Gasteiger partial charge in [0.1, 0.15) is 18.9 Å². The number of carbonyl (C=O) groups excluding carboxylic acids is 2. The van der Waals surface area contributed by atoms with Crippen LogP contribution in [0.1, 0.15) is 129 Å². The Labute approximate surface area is 328 Å². The summed E-state index contributed by atoms with van der Waals surface area (Å²) in [6, 6.07) is 11.5. The number of rotatable bonds is 33. The smallest absolute Gasteiger partial charge is 0.305 e. The zero-order valence-electron chi connectivity index (χ0n) is 34.9. The maximum absolute atomic E-state index is 12.6. The number of hydrogen-bond donors (Lipinski definition) is 1. The molecular formula is C44H77N6O4+3. The molecule has 2 aromatic rings. The van der Waals surface area contributed by atoms with E-state index in [2.05, 4.69) is 55.2 Å². The van der Waals surface area contributed by atoms with Crippen LogP contribution in [0, 0.1) is 0 Å². The average molecular weight is 754 g/mol. The average Bonchev–Trinajstić information content (AvgIpc) is 3.15. The van der Waals surface area contributed by atoms with Gasteiger partial charge in [0, 0.05) is 31.0 Å². The molecule has 0 bridgehead atoms. The highest BCUT2D eigenvalue weighted by atomic mass is 16.5. The molecule has 1 heterocycles. The Balaban J connectivity index is 1.68. The lowest BCUT2D eigenvalue weighted by Crippen LogP contribution is -3.05. The van der Waals surface area contributed by atoms with Gasteiger partial charge in [0.15, 0.2) is 12.4 Å². The van der Waals surface area contributed by atoms with Gasteiger partial charge in [0.25, 0.3) is 0 Å². The fourth-order valence-corrected chi connectivity index (χ4v) is 6.59. The third kappa shape index (κ3) is 24.8. The van der Waals surface area contributed by atoms with E-state index in [0.29, 0.717) is 25.9 Å². The van der Waals surface area contributed by atoms with E-state index in [4.69, 9.17) is 9.47 Å². The topological polar surface area (TPSA) is 99.1 Å². The summed E-state index contributed by atoms with van der Waals surface area (Å²) < 4.78 is 12.4. The normalized spacial score (nSPS) is 11.7. The number of unbranched alkanes of at least 4 members (excludes halogenated alkanes) is 14. The molecule has 0 radical (unpaired) electrons. The molecule has 0 amide bonds. The molecular weight excluding hydrogens is 677 g/mol. The molecule has 1 aromatic carbocycles. The van der Waals surface area contributed by atoms with Crippen LogP contribution >= 0.6 is 0 Å². The number of pyridine rings is 1. The number of anilines is 1. The Morgan fingerprint density at radius 2 is 1.17 bits per heavy atom. The van der Waals surface area contributed by atoms with Gasteiger partial charge >= 0.3 is 11.9 Å². The first kappa shape index (κ1) is 46.8. The van der Waals surface area contributed by atoms with Crippen LogP contribution in [-0.2, 0) is 19.1 Å². The number of esters is 2. The van der Waals surface area contributed by atoms with Crippen molar-refractivity contribution in [2.24, 2.45) is 10.2 Å². The summed E-state index contributed by atoms with van der Waals surface area (Å²) in [5.41, 5.74) is 2.42. The second kappa shape index (κ2) is 29.9. The zero-order valence-corrected chi connectivity index (χ0v) is 34.9. The van der Waals surface area contributed by atoms with Gasteiger partial charge in [0.05, 0.1) is 66.6 Å². The SMILES string of the molecule is CCCCCCCCCCC(=O)OCCN(CCOC(=O)CCCCCCCCCC[N+](C)(C)CCC[NH+](C)C)c1ccc(N=Nc2ccc[nH+]c2)cc1. The van der Waals surface area contributed by atoms with Crippen LogP contribution in [0.2, 0.25) is 0 Å². The number of nitrogens with one attached hydrogen (secondary N) is 2. The lowest BCUT2D eigenvalue weighted by molar-refractivity contribution is -0.900. The minimum atomic E-state index is -0.146. The minimum absolute atomic E-state index is 0.145. The molecule has 54 heavy (non-hydrogen) atoms. The number of aromatic amines is 1. The molecule has 0 saturated heterocycles. The fraction of sp³-hybridized carbons (Fsp3) is 0.705. The molecule has 10 nitrogen and oxygen atoms in total. The summed E-state index contributed by atoms with van der Waals surface area (Å²) in [5, 5.41) is 8.62. The van der Waals surface area contributed by atoms with E-state index < -0.39 is 0 Å². The first-order valence-corrected chi connectivity index (χ1v) is 21.3. The van der Waals surface area contributed by atoms with Gasteiger partial charge in [-0.2, -0.15) is 5.11 Å². The highest BCUT2D eigenvalue weighted by molar-refractivity contribution is 5.69. The fourth-order valence-electron chi connectivity index (χ4n) is 6.59. The van der Waals surface area contributed by atoms with E-state index >= 15 is 0 Å². The van der Waals surface area contributed by atoms with Gasteiger partial charge in [-0.05, 0) is 56.0 Å². The predicted octanol–water partition coefficient (Wildman–Crippen LogP) is 8.46. The number of hydrogen-bond acceptors (Lipinski definition) is 7. The number of quaternary nitrogens is 2. The number of ether oxygens (including phenoxy) is 2. The van der Waals surface area contributed by atoms with Gasteiger partial charge in [-0.3, -0.25) is 9.59 Å². The highest BCUT2D eigenvalue weighted by Crippen LogP contribution is 2.22. The summed E-state index contributed by atoms with van der Waals surface area (Å²) in [7, 11) is 9.19. The Bertz CT molecular complexity index is 1260. The summed E-state index contributed by atoms with van der Waals surface area (Å²) in [4.78, 5) is 31.6. The molecule has 1 aromatic heterocycles. The van der Waals surface area contributed by atoms with Crippen LogP contribution in [0.25, 0.3) is 0 Å². The number of benzene rings is 1. The summed E-state index contributed by atoms with van der Waals surface area (Å²) in [6.45, 7) is 7.59. The van der Waals surface area contributed by atoms with Gasteiger partial charge in [0.2, 0.25) is 0 Å². The second-order valence-corrected chi connectivity index (χ2v) is 15.9. The summed E-state index contributed by atoms with van der Waals surface area (Å²) in [6.07, 6.45) is 24.9. The lowest BCUT2D eigenvalue weighted by atomic mass is 10.1. The predicted molar refractivity (Wildman–Crippen MR) is 221 cm³/mol. The minimum Gasteiger partial charge on any atom is -0.464 e. The number of nitrogens with zero attached hydrogens (tertiary/aromatic N) is 4. The number of azo groups is 1. The molecule has 0 aliphatic rings. The maximum Gasteiger partial charge on any atom is 0.305 e. The van der Waals surface area contributed by atoms with E-state index in [-0.39, 0.29) is 25.2 Å². The van der Waals surface area contributed by atoms with Crippen molar-refractivity contribution < 1.29 is 33.4 Å². The van der Waals surface area contributed by atoms with Gasteiger partial charge in [-0.1, -0.05) is 84.0 Å². The van der Waals surface area contributed by atoms with E-state index in [1.54, 1.807) is 6.20 Å². The van der Waals surface area contributed by atoms with Crippen LogP contribution in [0.4, 0.5) is 17.1 Å². The zero-order chi connectivity index (χ0) is 39.1. The summed E-state index contributed by atoms with van der Waals surface area (Å²) >= 11 is 0. The van der Waals surface area contributed by atoms with Crippen molar-refractivity contribution >= 4 is 29.0 Å². The molecule has 2 N–H and O–H groups in total. The quantitative estimate of drug-likeness (QED) is 0.0342. The highest BCUT2D eigenvalue weighted by Gasteiger charge is 2.15. The van der Waals surface area contributed by atoms with Crippen molar-refractivity contribution in [3.63, 3.8) is 0 Å². The van der Waals surface area contributed by atoms with Crippen molar-refractivity contribution in [2.75, 3.05) is 79.0 Å². The van der Waals surface area contributed by atoms with Gasteiger partial charge in [-0.15, -0.1) is 5.11 Å². The Morgan fingerprint density at radius 1 is 0.667 bits per heavy atom. The monoisotopic (exact) mass is 754 g/mol. The Hall–Kier alpha value is -3.37. The van der Waals surface area contributed by atoms with E-state index in [1.807, 2.05) is 42.6 Å². The summed E-state index contributed by atoms with van der Waals surface area (Å²) in [5.74, 6) is -0.291. The van der Waals surface area contributed by atoms with Crippen LogP contribution in [0.15, 0.2) is 59.0 Å². The third-order valence-corrected chi connectivity index (χ3v) is 10.0. The van der Waals surface area contributed by atoms with Crippen LogP contribution in [0.3, 0.4) is 0 Å². The molecule has 0 fully saturated rings. The Kier molecular flexibility index (Phi) is 25.9. The third-order valence-electron chi connectivity index (χ3n) is 10.0. The van der Waals surface area contributed by atoms with Crippen LogP contribution in [-0.4, -0.2) is 90.5 Å². The second-order valence-electron chi connectivity index (χ2n) is 15.9. The molecule has 0 aliphatic carbocycles. The molecule has 0 spiro atoms. The Morgan fingerprint density at radius 3 is 1.69 bits per heavy atom. The number of carbonyl (C=O) groups is 2. The first-order chi connectivity index (χ1) is 26.2. The van der Waals surface area contributed by atoms with Crippen molar-refractivity contribution in [2.45, 2.75) is 129 Å². The molecule has 0 unspecified atom stereocenters. The molecule has 0 aliphatic heterocycles. The van der Waals surface area contributed by atoms with Crippen LogP contribution < -0.4 is 14.8 Å². The van der Waals surface area contributed by atoms with Crippen molar-refractivity contribution in [1.82, 2.24) is 0 Å². The van der Waals surface area contributed by atoms with Gasteiger partial charge < -0.3 is 23.8 Å². The maximum atomic E-state index is 12.6. The number of H-pyrrole nitrogens is 1. The van der Waals surface area contributed by atoms with Gasteiger partial charge in [-0.25, -0.2) is 4.98 Å².